The number of hydrogen-bond acceptors (Lipinski definition) is 8. The molecule has 3 aromatic rings. The van der Waals surface area contributed by atoms with E-state index in [0.717, 1.165) is 23.2 Å². The molecule has 0 unspecified atom stereocenters. The van der Waals surface area contributed by atoms with Crippen molar-refractivity contribution in [3.8, 4) is 0 Å². The molecule has 1 heterocycles. The number of halogens is 1. The number of nitrogens with one attached hydrogen (secondary N) is 1. The second-order valence-electron chi connectivity index (χ2n) is 7.68. The molecule has 0 saturated heterocycles. The van der Waals surface area contributed by atoms with Crippen molar-refractivity contribution >= 4 is 53.8 Å². The smallest absolute Gasteiger partial charge is 0.266 e. The van der Waals surface area contributed by atoms with E-state index in [4.69, 9.17) is 11.6 Å². The van der Waals surface area contributed by atoms with Crippen LogP contribution in [0.1, 0.15) is 29.8 Å². The summed E-state index contributed by atoms with van der Waals surface area (Å²) in [6, 6.07) is 10.0. The molecular formula is C21H23ClN4O5S3. The predicted octanol–water partition coefficient (Wildman–Crippen LogP) is 3.17. The quantitative estimate of drug-likeness (QED) is 0.440. The molecule has 2 aromatic carbocycles. The molecule has 0 aliphatic heterocycles. The van der Waals surface area contributed by atoms with E-state index < -0.39 is 25.8 Å². The van der Waals surface area contributed by atoms with Crippen molar-refractivity contribution in [3.05, 3.63) is 64.1 Å². The maximum Gasteiger partial charge on any atom is 0.266 e. The highest BCUT2D eigenvalue weighted by molar-refractivity contribution is 7.93. The Balaban J connectivity index is 1.65. The third-order valence-corrected chi connectivity index (χ3v) is 9.01. The lowest BCUT2D eigenvalue weighted by atomic mass is 10.1. The van der Waals surface area contributed by atoms with E-state index in [1.165, 1.54) is 40.1 Å². The summed E-state index contributed by atoms with van der Waals surface area (Å²) in [5.41, 5.74) is 2.47. The van der Waals surface area contributed by atoms with Gasteiger partial charge in [0.15, 0.2) is 9.84 Å². The highest BCUT2D eigenvalue weighted by Crippen LogP contribution is 2.27. The molecule has 3 rings (SSSR count). The van der Waals surface area contributed by atoms with Gasteiger partial charge < -0.3 is 5.32 Å². The molecule has 0 radical (unpaired) electrons. The number of sulfone groups is 1. The molecule has 13 heteroatoms. The Morgan fingerprint density at radius 2 is 1.74 bits per heavy atom. The van der Waals surface area contributed by atoms with Crippen LogP contribution >= 0.6 is 22.9 Å². The Bertz CT molecular complexity index is 1370. The van der Waals surface area contributed by atoms with Crippen molar-refractivity contribution < 1.29 is 21.6 Å². The van der Waals surface area contributed by atoms with Crippen LogP contribution in [0.4, 0.5) is 5.13 Å². The van der Waals surface area contributed by atoms with Crippen molar-refractivity contribution in [1.29, 1.82) is 0 Å². The lowest BCUT2D eigenvalue weighted by molar-refractivity contribution is 0.0954. The molecule has 0 saturated carbocycles. The fourth-order valence-corrected chi connectivity index (χ4v) is 6.64. The topological polar surface area (TPSA) is 126 Å². The third-order valence-electron chi connectivity index (χ3n) is 4.80. The van der Waals surface area contributed by atoms with Gasteiger partial charge in [0.05, 0.1) is 20.4 Å². The van der Waals surface area contributed by atoms with Crippen LogP contribution in [0.15, 0.2) is 57.8 Å². The number of amides is 1. The van der Waals surface area contributed by atoms with Gasteiger partial charge in [-0.05, 0) is 56.2 Å². The van der Waals surface area contributed by atoms with Crippen LogP contribution in [-0.4, -0.2) is 51.8 Å². The van der Waals surface area contributed by atoms with E-state index in [0.29, 0.717) is 11.6 Å². The zero-order valence-corrected chi connectivity index (χ0v) is 21.8. The Kier molecular flexibility index (Phi) is 7.96. The van der Waals surface area contributed by atoms with Crippen LogP contribution < -0.4 is 9.62 Å². The summed E-state index contributed by atoms with van der Waals surface area (Å²) in [6.45, 7) is 3.80. The fourth-order valence-electron chi connectivity index (χ4n) is 3.13. The van der Waals surface area contributed by atoms with Gasteiger partial charge in [-0.2, -0.15) is 0 Å². The summed E-state index contributed by atoms with van der Waals surface area (Å²) in [5, 5.41) is 10.7. The largest absolute Gasteiger partial charge is 0.352 e. The van der Waals surface area contributed by atoms with Gasteiger partial charge in [0.25, 0.3) is 15.9 Å². The van der Waals surface area contributed by atoms with Gasteiger partial charge in [-0.15, -0.1) is 10.2 Å². The highest BCUT2D eigenvalue weighted by Gasteiger charge is 2.29. The minimum atomic E-state index is -3.81. The molecule has 0 spiro atoms. The van der Waals surface area contributed by atoms with Crippen molar-refractivity contribution in [2.75, 3.05) is 17.1 Å². The monoisotopic (exact) mass is 542 g/mol. The fraction of sp³-hybridized carbons (Fsp3) is 0.286. The normalized spacial score (nSPS) is 12.0. The number of rotatable bonds is 9. The molecule has 0 aliphatic rings. The van der Waals surface area contributed by atoms with Gasteiger partial charge in [-0.1, -0.05) is 35.1 Å². The average Bonchev–Trinajstić information content (AvgIpc) is 3.26. The Hall–Kier alpha value is -2.54. The summed E-state index contributed by atoms with van der Waals surface area (Å²) in [5.74, 6) is -0.436. The zero-order valence-electron chi connectivity index (χ0n) is 18.6. The third kappa shape index (κ3) is 5.93. The van der Waals surface area contributed by atoms with Crippen LogP contribution in [-0.2, 0) is 26.3 Å². The van der Waals surface area contributed by atoms with Crippen LogP contribution in [0, 0.1) is 0 Å². The van der Waals surface area contributed by atoms with E-state index in [1.807, 2.05) is 0 Å². The molecule has 1 amide bonds. The molecule has 1 aromatic heterocycles. The maximum absolute atomic E-state index is 13.1. The molecule has 0 bridgehead atoms. The second-order valence-corrected chi connectivity index (χ2v) is 12.7. The first-order valence-electron chi connectivity index (χ1n) is 10.1. The molecular weight excluding hydrogens is 520 g/mol. The number of nitrogens with zero attached hydrogens (tertiary/aromatic N) is 3. The van der Waals surface area contributed by atoms with Crippen LogP contribution in [0.5, 0.6) is 0 Å². The second kappa shape index (κ2) is 10.4. The number of benzene rings is 2. The molecule has 9 nitrogen and oxygen atoms in total. The summed E-state index contributed by atoms with van der Waals surface area (Å²) < 4.78 is 50.7. The number of carbonyl (C=O) groups is 1. The molecule has 1 N–H and O–H groups in total. The van der Waals surface area contributed by atoms with Crippen molar-refractivity contribution in [3.63, 3.8) is 0 Å². The first-order valence-corrected chi connectivity index (χ1v) is 14.7. The van der Waals surface area contributed by atoms with Gasteiger partial charge in [0, 0.05) is 18.8 Å². The van der Waals surface area contributed by atoms with E-state index in [2.05, 4.69) is 15.5 Å². The number of anilines is 1. The molecule has 0 atom stereocenters. The molecule has 0 fully saturated rings. The van der Waals surface area contributed by atoms with Crippen LogP contribution in [0.25, 0.3) is 0 Å². The Morgan fingerprint density at radius 3 is 2.26 bits per heavy atom. The first kappa shape index (κ1) is 26.1. The number of aromatic nitrogens is 2. The van der Waals surface area contributed by atoms with Gasteiger partial charge >= 0.3 is 0 Å². The number of carbonyl (C=O) groups excluding carboxylic acids is 1. The van der Waals surface area contributed by atoms with Crippen LogP contribution in [0.3, 0.4) is 0 Å². The van der Waals surface area contributed by atoms with E-state index >= 15 is 0 Å². The summed E-state index contributed by atoms with van der Waals surface area (Å²) in [7, 11) is -7.24. The maximum atomic E-state index is 13.1. The van der Waals surface area contributed by atoms with E-state index in [9.17, 15) is 21.6 Å². The predicted molar refractivity (Wildman–Crippen MR) is 132 cm³/mol. The highest BCUT2D eigenvalue weighted by atomic mass is 35.5. The molecule has 34 heavy (non-hydrogen) atoms. The lowest BCUT2D eigenvalue weighted by Crippen LogP contribution is -2.37. The van der Waals surface area contributed by atoms with Crippen molar-refractivity contribution in [2.24, 2.45) is 0 Å². The Labute approximate surface area is 207 Å². The van der Waals surface area contributed by atoms with Crippen molar-refractivity contribution in [2.45, 2.75) is 36.1 Å². The molecule has 0 aliphatic carbocycles. The van der Waals surface area contributed by atoms with E-state index in [-0.39, 0.29) is 33.0 Å². The average molecular weight is 543 g/mol. The van der Waals surface area contributed by atoms with Gasteiger partial charge in [0.1, 0.15) is 5.51 Å². The number of sulfonamides is 1. The standard InChI is InChI=1S/C21H23ClN4O5S3/c1-14(2)26(21-25-24-13-32-21)34(30,31)16-6-4-15(5-7-16)10-11-23-20(27)18-9-8-17(12-19(18)22)33(3,28)29/h4-9,12-14H,10-11H2,1-3H3,(H,23,27). The Morgan fingerprint density at radius 1 is 1.09 bits per heavy atom. The summed E-state index contributed by atoms with van der Waals surface area (Å²) in [6.07, 6.45) is 1.51. The van der Waals surface area contributed by atoms with E-state index in [1.54, 1.807) is 26.0 Å². The summed E-state index contributed by atoms with van der Waals surface area (Å²) >= 11 is 7.22. The minimum Gasteiger partial charge on any atom is -0.352 e. The summed E-state index contributed by atoms with van der Waals surface area (Å²) in [4.78, 5) is 12.6. The first-order chi connectivity index (χ1) is 15.9. The molecule has 182 valence electrons. The minimum absolute atomic E-state index is 0.0336. The van der Waals surface area contributed by atoms with Crippen molar-refractivity contribution in [1.82, 2.24) is 15.5 Å². The lowest BCUT2D eigenvalue weighted by Gasteiger charge is -2.25. The van der Waals surface area contributed by atoms with Gasteiger partial charge in [-0.25, -0.2) is 21.1 Å². The zero-order chi connectivity index (χ0) is 25.1. The van der Waals surface area contributed by atoms with Gasteiger partial charge in [0.2, 0.25) is 5.13 Å². The van der Waals surface area contributed by atoms with Gasteiger partial charge in [-0.3, -0.25) is 4.79 Å². The number of hydrogen-bond donors (Lipinski definition) is 1. The van der Waals surface area contributed by atoms with Crippen LogP contribution in [0.2, 0.25) is 5.02 Å². The SMILES string of the molecule is CC(C)N(c1nncs1)S(=O)(=O)c1ccc(CCNC(=O)c2ccc(S(C)(=O)=O)cc2Cl)cc1.